The summed E-state index contributed by atoms with van der Waals surface area (Å²) < 4.78 is 11.0. The Morgan fingerprint density at radius 2 is 2.04 bits per heavy atom. The van der Waals surface area contributed by atoms with Gasteiger partial charge in [-0.3, -0.25) is 4.79 Å². The zero-order chi connectivity index (χ0) is 16.7. The zero-order valence-electron chi connectivity index (χ0n) is 14.0. The number of aliphatic hydroxyl groups excluding tert-OH is 1. The fraction of sp³-hybridized carbons (Fsp3) is 0.611. The molecule has 0 aliphatic heterocycles. The molecule has 1 N–H and O–H groups in total. The third-order valence-electron chi connectivity index (χ3n) is 4.34. The molecule has 2 rings (SSSR count). The van der Waals surface area contributed by atoms with E-state index in [0.717, 1.165) is 31.4 Å². The summed E-state index contributed by atoms with van der Waals surface area (Å²) >= 11 is 0. The summed E-state index contributed by atoms with van der Waals surface area (Å²) in [6.45, 7) is 1.19. The van der Waals surface area contributed by atoms with Gasteiger partial charge in [0.1, 0.15) is 0 Å². The molecular weight excluding hydrogens is 294 g/mol. The highest BCUT2D eigenvalue weighted by Gasteiger charge is 2.27. The van der Waals surface area contributed by atoms with Gasteiger partial charge in [-0.2, -0.15) is 0 Å². The maximum Gasteiger partial charge on any atom is 0.225 e. The van der Waals surface area contributed by atoms with Crippen LogP contribution in [0.25, 0.3) is 0 Å². The smallest absolute Gasteiger partial charge is 0.225 e. The number of aliphatic hydroxyl groups is 1. The lowest BCUT2D eigenvalue weighted by atomic mass is 9.86. The largest absolute Gasteiger partial charge is 0.493 e. The molecule has 1 aliphatic carbocycles. The summed E-state index contributed by atoms with van der Waals surface area (Å²) in [5.41, 5.74) is 0. The molecule has 1 saturated carbocycles. The molecule has 0 unspecified atom stereocenters. The molecule has 5 nitrogen and oxygen atoms in total. The van der Waals surface area contributed by atoms with Gasteiger partial charge in [0.15, 0.2) is 11.5 Å². The summed E-state index contributed by atoms with van der Waals surface area (Å²) in [6, 6.07) is 7.54. The van der Waals surface area contributed by atoms with Crippen molar-refractivity contribution in [3.05, 3.63) is 24.3 Å². The number of hydrogen-bond donors (Lipinski definition) is 1. The number of benzene rings is 1. The molecular formula is C18H27NO4. The topological polar surface area (TPSA) is 59.0 Å². The van der Waals surface area contributed by atoms with E-state index in [2.05, 4.69) is 0 Å². The first-order valence-electron chi connectivity index (χ1n) is 8.30. The van der Waals surface area contributed by atoms with Crippen LogP contribution < -0.4 is 9.47 Å². The lowest BCUT2D eigenvalue weighted by Gasteiger charge is -2.28. The number of ether oxygens (including phenoxy) is 2. The highest BCUT2D eigenvalue weighted by Crippen LogP contribution is 2.27. The quantitative estimate of drug-likeness (QED) is 0.784. The normalized spacial score (nSPS) is 20.8. The molecule has 1 aliphatic rings. The first-order chi connectivity index (χ1) is 11.1. The van der Waals surface area contributed by atoms with Gasteiger partial charge in [0.05, 0.1) is 19.8 Å². The number of para-hydroxylation sites is 2. The van der Waals surface area contributed by atoms with E-state index < -0.39 is 0 Å². The highest BCUT2D eigenvalue weighted by molar-refractivity contribution is 5.78. The molecule has 128 valence electrons. The molecule has 0 radical (unpaired) electrons. The van der Waals surface area contributed by atoms with Crippen LogP contribution in [0.4, 0.5) is 0 Å². The third-order valence-corrected chi connectivity index (χ3v) is 4.34. The molecule has 0 heterocycles. The molecule has 0 saturated heterocycles. The molecule has 1 amide bonds. The van der Waals surface area contributed by atoms with E-state index in [0.29, 0.717) is 25.3 Å². The second-order valence-electron chi connectivity index (χ2n) is 6.13. The van der Waals surface area contributed by atoms with Gasteiger partial charge in [0, 0.05) is 19.5 Å². The van der Waals surface area contributed by atoms with E-state index in [-0.39, 0.29) is 17.9 Å². The van der Waals surface area contributed by atoms with Crippen molar-refractivity contribution in [3.63, 3.8) is 0 Å². The van der Waals surface area contributed by atoms with Crippen molar-refractivity contribution in [2.45, 2.75) is 38.2 Å². The van der Waals surface area contributed by atoms with Crippen molar-refractivity contribution < 1.29 is 19.4 Å². The Morgan fingerprint density at radius 3 is 2.74 bits per heavy atom. The average Bonchev–Trinajstić information content (AvgIpc) is 2.58. The number of methoxy groups -OCH3 is 1. The third kappa shape index (κ3) is 5.13. The van der Waals surface area contributed by atoms with E-state index in [1.807, 2.05) is 31.3 Å². The second kappa shape index (κ2) is 8.77. The first-order valence-corrected chi connectivity index (χ1v) is 8.30. The molecule has 0 spiro atoms. The maximum absolute atomic E-state index is 12.4. The van der Waals surface area contributed by atoms with E-state index in [4.69, 9.17) is 9.47 Å². The van der Waals surface area contributed by atoms with Crippen LogP contribution in [-0.2, 0) is 4.79 Å². The minimum atomic E-state index is -0.319. The van der Waals surface area contributed by atoms with Crippen molar-refractivity contribution in [1.82, 2.24) is 4.90 Å². The molecule has 2 atom stereocenters. The Kier molecular flexibility index (Phi) is 6.71. The van der Waals surface area contributed by atoms with Crippen LogP contribution in [0, 0.1) is 5.92 Å². The van der Waals surface area contributed by atoms with E-state index in [1.165, 1.54) is 0 Å². The molecule has 1 aromatic carbocycles. The van der Waals surface area contributed by atoms with Crippen molar-refractivity contribution in [1.29, 1.82) is 0 Å². The van der Waals surface area contributed by atoms with Crippen LogP contribution in [0.5, 0.6) is 11.5 Å². The van der Waals surface area contributed by atoms with Crippen LogP contribution >= 0.6 is 0 Å². The van der Waals surface area contributed by atoms with Gasteiger partial charge in [0.2, 0.25) is 5.91 Å². The van der Waals surface area contributed by atoms with E-state index >= 15 is 0 Å². The number of carbonyl (C=O) groups is 1. The second-order valence-corrected chi connectivity index (χ2v) is 6.13. The molecule has 1 aromatic rings. The maximum atomic E-state index is 12.4. The lowest BCUT2D eigenvalue weighted by Crippen LogP contribution is -2.37. The number of amides is 1. The van der Waals surface area contributed by atoms with Crippen molar-refractivity contribution >= 4 is 5.91 Å². The predicted molar refractivity (Wildman–Crippen MR) is 88.7 cm³/mol. The number of nitrogens with zero attached hydrogens (tertiary/aromatic N) is 1. The first kappa shape index (κ1) is 17.6. The van der Waals surface area contributed by atoms with Crippen molar-refractivity contribution in [3.8, 4) is 11.5 Å². The van der Waals surface area contributed by atoms with Crippen LogP contribution in [0.3, 0.4) is 0 Å². The summed E-state index contributed by atoms with van der Waals surface area (Å²) in [5.74, 6) is 1.55. The Hall–Kier alpha value is -1.75. The predicted octanol–water partition coefficient (Wildman–Crippen LogP) is 2.47. The van der Waals surface area contributed by atoms with Crippen LogP contribution in [0.15, 0.2) is 24.3 Å². The Labute approximate surface area is 138 Å². The highest BCUT2D eigenvalue weighted by atomic mass is 16.5. The molecule has 5 heteroatoms. The van der Waals surface area contributed by atoms with Crippen LogP contribution in [0.1, 0.15) is 32.1 Å². The number of rotatable bonds is 7. The van der Waals surface area contributed by atoms with Gasteiger partial charge in [-0.1, -0.05) is 18.6 Å². The van der Waals surface area contributed by atoms with Crippen molar-refractivity contribution in [2.75, 3.05) is 27.3 Å². The summed E-state index contributed by atoms with van der Waals surface area (Å²) in [4.78, 5) is 14.1. The van der Waals surface area contributed by atoms with Gasteiger partial charge in [-0.25, -0.2) is 0 Å². The minimum Gasteiger partial charge on any atom is -0.493 e. The van der Waals surface area contributed by atoms with Crippen LogP contribution in [0.2, 0.25) is 0 Å². The fourth-order valence-electron chi connectivity index (χ4n) is 3.03. The lowest BCUT2D eigenvalue weighted by molar-refractivity contribution is -0.136. The van der Waals surface area contributed by atoms with Gasteiger partial charge in [-0.15, -0.1) is 0 Å². The molecule has 0 aromatic heterocycles. The van der Waals surface area contributed by atoms with Gasteiger partial charge in [0.25, 0.3) is 0 Å². The minimum absolute atomic E-state index is 0.0288. The fourth-order valence-corrected chi connectivity index (χ4v) is 3.03. The average molecular weight is 321 g/mol. The van der Waals surface area contributed by atoms with E-state index in [1.54, 1.807) is 12.0 Å². The standard InChI is InChI=1S/C18H27NO4/c1-19(18(21)14-7-5-8-15(20)13-14)11-6-12-23-17-10-4-3-9-16(17)22-2/h3-4,9-10,14-15,20H,5-8,11-13H2,1-2H3/t14-,15-/m1/s1. The van der Waals surface area contributed by atoms with Gasteiger partial charge >= 0.3 is 0 Å². The number of hydrogen-bond acceptors (Lipinski definition) is 4. The molecule has 1 fully saturated rings. The Morgan fingerprint density at radius 1 is 1.30 bits per heavy atom. The SMILES string of the molecule is COc1ccccc1OCCCN(C)C(=O)[C@@H]1CCC[C@@H](O)C1. The number of carbonyl (C=O) groups excluding carboxylic acids is 1. The summed E-state index contributed by atoms with van der Waals surface area (Å²) in [7, 11) is 3.44. The summed E-state index contributed by atoms with van der Waals surface area (Å²) in [5, 5.41) is 9.70. The zero-order valence-corrected chi connectivity index (χ0v) is 14.0. The molecule has 0 bridgehead atoms. The monoisotopic (exact) mass is 321 g/mol. The Balaban J connectivity index is 1.72. The summed E-state index contributed by atoms with van der Waals surface area (Å²) in [6.07, 6.45) is 3.68. The van der Waals surface area contributed by atoms with Crippen molar-refractivity contribution in [2.24, 2.45) is 5.92 Å². The van der Waals surface area contributed by atoms with E-state index in [9.17, 15) is 9.90 Å². The van der Waals surface area contributed by atoms with Crippen LogP contribution in [-0.4, -0.2) is 49.3 Å². The Bertz CT molecular complexity index is 506. The van der Waals surface area contributed by atoms with Gasteiger partial charge in [-0.05, 0) is 37.8 Å². The van der Waals surface area contributed by atoms with Gasteiger partial charge < -0.3 is 19.5 Å². The molecule has 23 heavy (non-hydrogen) atoms.